The summed E-state index contributed by atoms with van der Waals surface area (Å²) in [5.74, 6) is -1.02. The normalized spacial score (nSPS) is 19.4. The van der Waals surface area contributed by atoms with Crippen LogP contribution in [0.4, 0.5) is 0 Å². The van der Waals surface area contributed by atoms with Gasteiger partial charge in [-0.05, 0) is 26.2 Å². The highest BCUT2D eigenvalue weighted by Gasteiger charge is 2.39. The zero-order valence-electron chi connectivity index (χ0n) is 11.7. The first-order valence-electron chi connectivity index (χ1n) is 6.44. The Kier molecular flexibility index (Phi) is 4.54. The summed E-state index contributed by atoms with van der Waals surface area (Å²) in [5.41, 5.74) is 0.316. The second kappa shape index (κ2) is 5.55. The van der Waals surface area contributed by atoms with Crippen molar-refractivity contribution in [3.63, 3.8) is 0 Å². The van der Waals surface area contributed by atoms with Gasteiger partial charge in [-0.3, -0.25) is 9.59 Å². The second-order valence-electron chi connectivity index (χ2n) is 5.69. The van der Waals surface area contributed by atoms with Crippen LogP contribution in [0, 0.1) is 11.3 Å². The first-order valence-corrected chi connectivity index (χ1v) is 6.44. The summed E-state index contributed by atoms with van der Waals surface area (Å²) >= 11 is 0. The Morgan fingerprint density at radius 3 is 2.50 bits per heavy atom. The molecule has 0 fully saturated rings. The van der Waals surface area contributed by atoms with Crippen LogP contribution in [0.3, 0.4) is 0 Å². The average molecular weight is 253 g/mol. The van der Waals surface area contributed by atoms with Gasteiger partial charge < -0.3 is 10.0 Å². The van der Waals surface area contributed by atoms with Crippen molar-refractivity contribution in [1.29, 1.82) is 0 Å². The molecule has 4 nitrogen and oxygen atoms in total. The first-order chi connectivity index (χ1) is 8.27. The van der Waals surface area contributed by atoms with E-state index in [9.17, 15) is 14.7 Å². The van der Waals surface area contributed by atoms with Gasteiger partial charge in [-0.25, -0.2) is 0 Å². The average Bonchev–Trinajstić information content (AvgIpc) is 2.29. The lowest BCUT2D eigenvalue weighted by Gasteiger charge is -2.32. The van der Waals surface area contributed by atoms with Crippen LogP contribution in [0.2, 0.25) is 0 Å². The fourth-order valence-electron chi connectivity index (χ4n) is 1.95. The van der Waals surface area contributed by atoms with E-state index >= 15 is 0 Å². The van der Waals surface area contributed by atoms with Crippen LogP contribution in [0.1, 0.15) is 40.5 Å². The minimum Gasteiger partial charge on any atom is -0.481 e. The van der Waals surface area contributed by atoms with E-state index in [4.69, 9.17) is 0 Å². The predicted octanol–water partition coefficient (Wildman–Crippen LogP) is 2.30. The molecular formula is C14H23NO3. The third-order valence-electron chi connectivity index (χ3n) is 4.07. The molecule has 0 saturated carbocycles. The van der Waals surface area contributed by atoms with Gasteiger partial charge in [0.15, 0.2) is 0 Å². The van der Waals surface area contributed by atoms with E-state index in [1.165, 1.54) is 5.57 Å². The smallest absolute Gasteiger partial charge is 0.310 e. The summed E-state index contributed by atoms with van der Waals surface area (Å²) in [7, 11) is 0. The molecule has 0 aromatic rings. The van der Waals surface area contributed by atoms with E-state index in [1.807, 2.05) is 19.9 Å². The van der Waals surface area contributed by atoms with Gasteiger partial charge in [0.1, 0.15) is 0 Å². The van der Waals surface area contributed by atoms with Crippen molar-refractivity contribution in [2.75, 3.05) is 13.1 Å². The fourth-order valence-corrected chi connectivity index (χ4v) is 1.95. The topological polar surface area (TPSA) is 57.6 Å². The molecule has 0 saturated heterocycles. The molecule has 0 aromatic heterocycles. The summed E-state index contributed by atoms with van der Waals surface area (Å²) < 4.78 is 0. The van der Waals surface area contributed by atoms with Crippen molar-refractivity contribution in [3.05, 3.63) is 11.6 Å². The maximum atomic E-state index is 12.2. The monoisotopic (exact) mass is 253 g/mol. The van der Waals surface area contributed by atoms with Gasteiger partial charge in [-0.15, -0.1) is 0 Å². The van der Waals surface area contributed by atoms with E-state index in [1.54, 1.807) is 11.8 Å². The molecule has 0 aromatic carbocycles. The molecule has 1 unspecified atom stereocenters. The van der Waals surface area contributed by atoms with Crippen molar-refractivity contribution in [2.24, 2.45) is 11.3 Å². The van der Waals surface area contributed by atoms with Crippen molar-refractivity contribution in [3.8, 4) is 0 Å². The molecule has 1 heterocycles. The number of aliphatic carboxylic acids is 1. The predicted molar refractivity (Wildman–Crippen MR) is 70.2 cm³/mol. The number of nitrogens with zero attached hydrogens (tertiary/aromatic N) is 1. The number of carboxylic acids is 1. The Morgan fingerprint density at radius 2 is 2.11 bits per heavy atom. The summed E-state index contributed by atoms with van der Waals surface area (Å²) in [4.78, 5) is 25.3. The van der Waals surface area contributed by atoms with Gasteiger partial charge in [0.2, 0.25) is 5.91 Å². The molecule has 0 radical (unpaired) electrons. The van der Waals surface area contributed by atoms with Gasteiger partial charge in [0.05, 0.1) is 5.41 Å². The fraction of sp³-hybridized carbons (Fsp3) is 0.714. The minimum absolute atomic E-state index is 0.0580. The molecule has 1 aliphatic heterocycles. The summed E-state index contributed by atoms with van der Waals surface area (Å²) in [6, 6.07) is 0. The Hall–Kier alpha value is -1.32. The zero-order valence-corrected chi connectivity index (χ0v) is 11.7. The van der Waals surface area contributed by atoms with E-state index in [0.29, 0.717) is 13.1 Å². The first kappa shape index (κ1) is 14.7. The molecule has 1 aliphatic rings. The molecule has 0 spiro atoms. The second-order valence-corrected chi connectivity index (χ2v) is 5.69. The van der Waals surface area contributed by atoms with Crippen LogP contribution in [-0.4, -0.2) is 35.0 Å². The Bertz CT molecular complexity index is 373. The number of carbonyl (C=O) groups excluding carboxylic acids is 1. The number of hydrogen-bond acceptors (Lipinski definition) is 2. The highest BCUT2D eigenvalue weighted by atomic mass is 16.4. The van der Waals surface area contributed by atoms with Gasteiger partial charge in [0, 0.05) is 19.5 Å². The number of hydrogen-bond donors (Lipinski definition) is 1. The third kappa shape index (κ3) is 3.12. The highest BCUT2D eigenvalue weighted by molar-refractivity contribution is 5.85. The van der Waals surface area contributed by atoms with Crippen LogP contribution >= 0.6 is 0 Å². The summed E-state index contributed by atoms with van der Waals surface area (Å²) in [6.45, 7) is 8.72. The quantitative estimate of drug-likeness (QED) is 0.782. The van der Waals surface area contributed by atoms with E-state index in [2.05, 4.69) is 6.92 Å². The number of rotatable bonds is 4. The van der Waals surface area contributed by atoms with E-state index < -0.39 is 11.4 Å². The molecule has 1 amide bonds. The maximum absolute atomic E-state index is 12.2. The third-order valence-corrected chi connectivity index (χ3v) is 4.07. The molecule has 1 rings (SSSR count). The molecule has 1 atom stereocenters. The lowest BCUT2D eigenvalue weighted by atomic mass is 9.76. The van der Waals surface area contributed by atoms with Crippen molar-refractivity contribution < 1.29 is 14.7 Å². The Labute approximate surface area is 109 Å². The van der Waals surface area contributed by atoms with Crippen molar-refractivity contribution >= 4 is 11.9 Å². The van der Waals surface area contributed by atoms with Crippen LogP contribution in [-0.2, 0) is 9.59 Å². The Morgan fingerprint density at radius 1 is 1.50 bits per heavy atom. The van der Waals surface area contributed by atoms with Crippen LogP contribution in [0.25, 0.3) is 0 Å². The molecule has 1 N–H and O–H groups in total. The molecular weight excluding hydrogens is 230 g/mol. The lowest BCUT2D eigenvalue weighted by molar-refractivity contribution is -0.155. The maximum Gasteiger partial charge on any atom is 0.310 e. The van der Waals surface area contributed by atoms with Crippen molar-refractivity contribution in [1.82, 2.24) is 4.90 Å². The van der Waals surface area contributed by atoms with Gasteiger partial charge in [-0.2, -0.15) is 0 Å². The molecule has 0 aliphatic carbocycles. The van der Waals surface area contributed by atoms with Gasteiger partial charge in [-0.1, -0.05) is 25.5 Å². The minimum atomic E-state index is -0.979. The molecule has 0 bridgehead atoms. The summed E-state index contributed by atoms with van der Waals surface area (Å²) in [6.07, 6.45) is 3.00. The standard InChI is InChI=1S/C14H23NO3/c1-10(2)14(4,13(17)18)9-12(16)15-7-5-11(3)6-8-15/h5,10H,6-9H2,1-4H3,(H,17,18). The van der Waals surface area contributed by atoms with Crippen LogP contribution < -0.4 is 0 Å². The number of carboxylic acid groups (broad SMARTS) is 1. The molecule has 18 heavy (non-hydrogen) atoms. The Balaban J connectivity index is 2.71. The number of amides is 1. The lowest BCUT2D eigenvalue weighted by Crippen LogP contribution is -2.42. The van der Waals surface area contributed by atoms with E-state index in [0.717, 1.165) is 6.42 Å². The van der Waals surface area contributed by atoms with Crippen LogP contribution in [0.5, 0.6) is 0 Å². The molecule has 4 heteroatoms. The number of carbonyl (C=O) groups is 2. The van der Waals surface area contributed by atoms with Gasteiger partial charge >= 0.3 is 5.97 Å². The van der Waals surface area contributed by atoms with Crippen LogP contribution in [0.15, 0.2) is 11.6 Å². The summed E-state index contributed by atoms with van der Waals surface area (Å²) in [5, 5.41) is 9.31. The highest BCUT2D eigenvalue weighted by Crippen LogP contribution is 2.32. The van der Waals surface area contributed by atoms with Gasteiger partial charge in [0.25, 0.3) is 0 Å². The largest absolute Gasteiger partial charge is 0.481 e. The molecule has 102 valence electrons. The van der Waals surface area contributed by atoms with Crippen molar-refractivity contribution in [2.45, 2.75) is 40.5 Å². The van der Waals surface area contributed by atoms with E-state index in [-0.39, 0.29) is 18.2 Å². The zero-order chi connectivity index (χ0) is 13.9. The SMILES string of the molecule is CC1=CCN(C(=O)CC(C)(C(=O)O)C(C)C)CC1.